The van der Waals surface area contributed by atoms with Gasteiger partial charge in [-0.15, -0.1) is 11.6 Å². The summed E-state index contributed by atoms with van der Waals surface area (Å²) in [4.78, 5) is 11.2. The van der Waals surface area contributed by atoms with Gasteiger partial charge in [-0.3, -0.25) is 4.79 Å². The van der Waals surface area contributed by atoms with Crippen molar-refractivity contribution < 1.29 is 9.18 Å². The Morgan fingerprint density at radius 1 is 1.47 bits per heavy atom. The summed E-state index contributed by atoms with van der Waals surface area (Å²) in [6.07, 6.45) is 0.504. The zero-order chi connectivity index (χ0) is 13.1. The minimum Gasteiger partial charge on any atom is -0.350 e. The fourth-order valence-corrected chi connectivity index (χ4v) is 1.80. The van der Waals surface area contributed by atoms with E-state index in [-0.39, 0.29) is 16.8 Å². The van der Waals surface area contributed by atoms with Gasteiger partial charge in [0.15, 0.2) is 0 Å². The Kier molecular flexibility index (Phi) is 4.78. The van der Waals surface area contributed by atoms with Gasteiger partial charge < -0.3 is 5.32 Å². The summed E-state index contributed by atoms with van der Waals surface area (Å²) in [6, 6.07) is 4.61. The second-order valence-corrected chi connectivity index (χ2v) is 5.17. The molecule has 0 bridgehead atoms. The van der Waals surface area contributed by atoms with Crippen LogP contribution in [-0.4, -0.2) is 17.3 Å². The van der Waals surface area contributed by atoms with Crippen LogP contribution in [0, 0.1) is 5.82 Å². The number of amides is 1. The van der Waals surface area contributed by atoms with Gasteiger partial charge in [0.05, 0.1) is 5.02 Å². The summed E-state index contributed by atoms with van der Waals surface area (Å²) in [6.45, 7) is 3.70. The molecule has 0 saturated heterocycles. The van der Waals surface area contributed by atoms with Gasteiger partial charge in [-0.05, 0) is 38.0 Å². The van der Waals surface area contributed by atoms with Gasteiger partial charge in [0.25, 0.3) is 0 Å². The Balaban J connectivity index is 2.75. The van der Waals surface area contributed by atoms with Crippen LogP contribution in [0.5, 0.6) is 0 Å². The van der Waals surface area contributed by atoms with Crippen LogP contribution in [0.4, 0.5) is 4.39 Å². The first kappa shape index (κ1) is 14.3. The minimum absolute atomic E-state index is 0.0849. The van der Waals surface area contributed by atoms with Gasteiger partial charge in [0.2, 0.25) is 5.91 Å². The molecule has 1 aromatic rings. The third-order valence-corrected chi connectivity index (χ3v) is 2.78. The van der Waals surface area contributed by atoms with Gasteiger partial charge in [0.1, 0.15) is 11.7 Å². The highest BCUT2D eigenvalue weighted by molar-refractivity contribution is 6.30. The number of hydrogen-bond acceptors (Lipinski definition) is 1. The zero-order valence-corrected chi connectivity index (χ0v) is 11.2. The molecule has 94 valence electrons. The molecule has 2 nitrogen and oxygen atoms in total. The Morgan fingerprint density at radius 2 is 2.12 bits per heavy atom. The molecule has 1 rings (SSSR count). The van der Waals surface area contributed by atoms with Crippen molar-refractivity contribution in [3.8, 4) is 0 Å². The summed E-state index contributed by atoms with van der Waals surface area (Å²) in [5.74, 6) is -0.784. The molecule has 0 unspecified atom stereocenters. The number of carbonyl (C=O) groups excluding carboxylic acids is 1. The van der Waals surface area contributed by atoms with Crippen LogP contribution in [0.3, 0.4) is 0 Å². The van der Waals surface area contributed by atoms with E-state index >= 15 is 0 Å². The van der Waals surface area contributed by atoms with E-state index in [4.69, 9.17) is 23.2 Å². The Labute approximate surface area is 110 Å². The van der Waals surface area contributed by atoms with E-state index in [1.165, 1.54) is 12.1 Å². The first-order valence-electron chi connectivity index (χ1n) is 5.15. The van der Waals surface area contributed by atoms with E-state index in [0.29, 0.717) is 6.42 Å². The van der Waals surface area contributed by atoms with Crippen LogP contribution in [0.15, 0.2) is 18.2 Å². The van der Waals surface area contributed by atoms with Crippen molar-refractivity contribution in [3.63, 3.8) is 0 Å². The van der Waals surface area contributed by atoms with Crippen LogP contribution in [-0.2, 0) is 11.2 Å². The van der Waals surface area contributed by atoms with Gasteiger partial charge >= 0.3 is 0 Å². The Morgan fingerprint density at radius 3 is 2.65 bits per heavy atom. The monoisotopic (exact) mass is 277 g/mol. The van der Waals surface area contributed by atoms with E-state index in [0.717, 1.165) is 5.56 Å². The number of hydrogen-bond donors (Lipinski definition) is 1. The highest BCUT2D eigenvalue weighted by Gasteiger charge is 2.20. The predicted octanol–water partition coefficient (Wildman–Crippen LogP) is 3.16. The fraction of sp³-hybridized carbons (Fsp3) is 0.417. The smallest absolute Gasteiger partial charge is 0.235 e. The number of halogens is 3. The number of carbonyl (C=O) groups is 1. The molecule has 0 aliphatic carbocycles. The first-order chi connectivity index (χ1) is 7.84. The highest BCUT2D eigenvalue weighted by Crippen LogP contribution is 2.19. The lowest BCUT2D eigenvalue weighted by Gasteiger charge is -2.26. The minimum atomic E-state index is -0.480. The third-order valence-electron chi connectivity index (χ3n) is 2.23. The standard InChI is InChI=1S/C12H14Cl2FNO/c1-12(2,16-11(17)7-13)6-8-3-4-9(14)10(15)5-8/h3-5H,6-7H2,1-2H3,(H,16,17). The highest BCUT2D eigenvalue weighted by atomic mass is 35.5. The summed E-state index contributed by atoms with van der Waals surface area (Å²) >= 11 is 11.0. The normalized spacial score (nSPS) is 11.4. The molecule has 0 aliphatic rings. The maximum atomic E-state index is 13.2. The maximum Gasteiger partial charge on any atom is 0.235 e. The van der Waals surface area contributed by atoms with Crippen molar-refractivity contribution in [1.82, 2.24) is 5.32 Å². The van der Waals surface area contributed by atoms with Gasteiger partial charge in [-0.25, -0.2) is 4.39 Å². The zero-order valence-electron chi connectivity index (χ0n) is 9.69. The van der Waals surface area contributed by atoms with E-state index in [2.05, 4.69) is 5.32 Å². The summed E-state index contributed by atoms with van der Waals surface area (Å²) in [5.41, 5.74) is 0.290. The molecule has 1 aromatic carbocycles. The average Bonchev–Trinajstić information content (AvgIpc) is 2.22. The molecule has 0 aromatic heterocycles. The molecule has 0 fully saturated rings. The lowest BCUT2D eigenvalue weighted by Crippen LogP contribution is -2.45. The molecule has 0 saturated carbocycles. The van der Waals surface area contributed by atoms with Crippen molar-refractivity contribution in [1.29, 1.82) is 0 Å². The van der Waals surface area contributed by atoms with Crippen LogP contribution in [0.25, 0.3) is 0 Å². The maximum absolute atomic E-state index is 13.2. The van der Waals surface area contributed by atoms with Crippen molar-refractivity contribution in [3.05, 3.63) is 34.6 Å². The Bertz CT molecular complexity index is 421. The summed E-state index contributed by atoms with van der Waals surface area (Å²) in [7, 11) is 0. The fourth-order valence-electron chi connectivity index (χ4n) is 1.61. The SMILES string of the molecule is CC(C)(Cc1ccc(Cl)c(F)c1)NC(=O)CCl. The summed E-state index contributed by atoms with van der Waals surface area (Å²) < 4.78 is 13.2. The topological polar surface area (TPSA) is 29.1 Å². The van der Waals surface area contributed by atoms with Crippen molar-refractivity contribution >= 4 is 29.1 Å². The average molecular weight is 278 g/mol. The largest absolute Gasteiger partial charge is 0.350 e. The van der Waals surface area contributed by atoms with E-state index in [9.17, 15) is 9.18 Å². The number of nitrogens with one attached hydrogen (secondary N) is 1. The number of rotatable bonds is 4. The van der Waals surface area contributed by atoms with E-state index in [1.807, 2.05) is 13.8 Å². The van der Waals surface area contributed by atoms with Crippen LogP contribution >= 0.6 is 23.2 Å². The van der Waals surface area contributed by atoms with Gasteiger partial charge in [-0.2, -0.15) is 0 Å². The predicted molar refractivity (Wildman–Crippen MR) is 68.1 cm³/mol. The van der Waals surface area contributed by atoms with Gasteiger partial charge in [-0.1, -0.05) is 17.7 Å². The Hall–Kier alpha value is -0.800. The van der Waals surface area contributed by atoms with E-state index < -0.39 is 11.4 Å². The first-order valence-corrected chi connectivity index (χ1v) is 6.06. The molecule has 0 spiro atoms. The number of alkyl halides is 1. The van der Waals surface area contributed by atoms with Gasteiger partial charge in [0, 0.05) is 5.54 Å². The molecule has 5 heteroatoms. The lowest BCUT2D eigenvalue weighted by molar-refractivity contribution is -0.120. The van der Waals surface area contributed by atoms with Crippen molar-refractivity contribution in [2.24, 2.45) is 0 Å². The molecular formula is C12H14Cl2FNO. The second kappa shape index (κ2) is 5.69. The number of benzene rings is 1. The van der Waals surface area contributed by atoms with Crippen LogP contribution in [0.1, 0.15) is 19.4 Å². The molecule has 1 N–H and O–H groups in total. The van der Waals surface area contributed by atoms with E-state index in [1.54, 1.807) is 6.07 Å². The second-order valence-electron chi connectivity index (χ2n) is 4.49. The molecule has 17 heavy (non-hydrogen) atoms. The quantitative estimate of drug-likeness (QED) is 0.842. The van der Waals surface area contributed by atoms with Crippen LogP contribution in [0.2, 0.25) is 5.02 Å². The molecule has 0 aliphatic heterocycles. The van der Waals surface area contributed by atoms with Crippen molar-refractivity contribution in [2.75, 3.05) is 5.88 Å². The third kappa shape index (κ3) is 4.52. The lowest BCUT2D eigenvalue weighted by atomic mass is 9.95. The molecule has 0 atom stereocenters. The van der Waals surface area contributed by atoms with Crippen LogP contribution < -0.4 is 5.32 Å². The molecule has 1 amide bonds. The van der Waals surface area contributed by atoms with Crippen molar-refractivity contribution in [2.45, 2.75) is 25.8 Å². The molecule has 0 radical (unpaired) electrons. The molecule has 0 heterocycles. The summed E-state index contributed by atoms with van der Waals surface area (Å²) in [5, 5.41) is 2.86. The molecular weight excluding hydrogens is 264 g/mol.